The molecular formula is C16H17F3N4O2. The summed E-state index contributed by atoms with van der Waals surface area (Å²) in [5.74, 6) is -1.61. The second kappa shape index (κ2) is 7.12. The number of aromatic nitrogens is 2. The average Bonchev–Trinajstić information content (AvgIpc) is 3.11. The summed E-state index contributed by atoms with van der Waals surface area (Å²) in [7, 11) is 0. The minimum Gasteiger partial charge on any atom is -0.417 e. The molecule has 2 amide bonds. The number of carbonyl (C=O) groups excluding carboxylic acids is 1. The molecule has 0 aliphatic carbocycles. The summed E-state index contributed by atoms with van der Waals surface area (Å²) in [6, 6.07) is 9.33. The van der Waals surface area contributed by atoms with Crippen LogP contribution in [-0.2, 0) is 12.7 Å². The summed E-state index contributed by atoms with van der Waals surface area (Å²) in [5.41, 5.74) is 0.997. The molecule has 0 atom stereocenters. The fourth-order valence-corrected chi connectivity index (χ4v) is 2.73. The Balaban J connectivity index is 1.50. The van der Waals surface area contributed by atoms with Gasteiger partial charge >= 0.3 is 18.1 Å². The lowest BCUT2D eigenvalue weighted by Crippen LogP contribution is -2.43. The van der Waals surface area contributed by atoms with Gasteiger partial charge in [0.1, 0.15) is 0 Å². The van der Waals surface area contributed by atoms with Gasteiger partial charge in [-0.3, -0.25) is 0 Å². The average molecular weight is 354 g/mol. The Kier molecular flexibility index (Phi) is 4.91. The first-order valence-corrected chi connectivity index (χ1v) is 7.91. The molecule has 1 aromatic heterocycles. The molecule has 0 bridgehead atoms. The Morgan fingerprint density at radius 2 is 1.88 bits per heavy atom. The molecule has 6 nitrogen and oxygen atoms in total. The van der Waals surface area contributed by atoms with Gasteiger partial charge in [0.15, 0.2) is 0 Å². The standard InChI is InChI=1S/C16H17F3N4O2/c17-16(18,19)14-22-21-13(25-14)12-6-8-23(9-7-12)15(24)20-10-11-4-2-1-3-5-11/h1-5,12H,6-10H2,(H,20,24). The van der Waals surface area contributed by atoms with Crippen molar-refractivity contribution in [1.82, 2.24) is 20.4 Å². The van der Waals surface area contributed by atoms with Crippen molar-refractivity contribution in [3.8, 4) is 0 Å². The molecule has 0 spiro atoms. The summed E-state index contributed by atoms with van der Waals surface area (Å²) < 4.78 is 42.2. The number of alkyl halides is 3. The third-order valence-corrected chi connectivity index (χ3v) is 4.10. The number of nitrogens with zero attached hydrogens (tertiary/aromatic N) is 3. The largest absolute Gasteiger partial charge is 0.470 e. The number of piperidine rings is 1. The molecule has 0 unspecified atom stereocenters. The molecule has 9 heteroatoms. The van der Waals surface area contributed by atoms with Crippen LogP contribution in [0.3, 0.4) is 0 Å². The van der Waals surface area contributed by atoms with E-state index in [2.05, 4.69) is 15.5 Å². The van der Waals surface area contributed by atoms with Gasteiger partial charge in [0.2, 0.25) is 5.89 Å². The lowest BCUT2D eigenvalue weighted by molar-refractivity contribution is -0.157. The molecule has 1 fully saturated rings. The van der Waals surface area contributed by atoms with Gasteiger partial charge in [-0.25, -0.2) is 4.79 Å². The molecule has 1 N–H and O–H groups in total. The quantitative estimate of drug-likeness (QED) is 0.919. The van der Waals surface area contributed by atoms with Crippen LogP contribution in [0.15, 0.2) is 34.7 Å². The van der Waals surface area contributed by atoms with Crippen LogP contribution in [0.1, 0.15) is 36.1 Å². The van der Waals surface area contributed by atoms with Gasteiger partial charge in [0.25, 0.3) is 0 Å². The van der Waals surface area contributed by atoms with E-state index in [0.717, 1.165) is 5.56 Å². The van der Waals surface area contributed by atoms with Crippen molar-refractivity contribution in [3.63, 3.8) is 0 Å². The molecule has 134 valence electrons. The van der Waals surface area contributed by atoms with Crippen LogP contribution in [0.25, 0.3) is 0 Å². The zero-order chi connectivity index (χ0) is 17.9. The van der Waals surface area contributed by atoms with Crippen LogP contribution in [0.2, 0.25) is 0 Å². The highest BCUT2D eigenvalue weighted by molar-refractivity contribution is 5.74. The van der Waals surface area contributed by atoms with E-state index >= 15 is 0 Å². The number of halogens is 3. The molecule has 1 saturated heterocycles. The molecule has 0 radical (unpaired) electrons. The molecule has 2 heterocycles. The maximum Gasteiger partial charge on any atom is 0.470 e. The SMILES string of the molecule is O=C(NCc1ccccc1)N1CCC(c2nnc(C(F)(F)F)o2)CC1. The normalized spacial score (nSPS) is 16.0. The predicted molar refractivity (Wildman–Crippen MR) is 81.5 cm³/mol. The molecule has 1 aliphatic rings. The van der Waals surface area contributed by atoms with Crippen molar-refractivity contribution in [2.24, 2.45) is 0 Å². The Bertz CT molecular complexity index is 710. The zero-order valence-electron chi connectivity index (χ0n) is 13.3. The molecule has 1 aliphatic heterocycles. The van der Waals surface area contributed by atoms with E-state index in [4.69, 9.17) is 4.42 Å². The van der Waals surface area contributed by atoms with E-state index in [-0.39, 0.29) is 17.8 Å². The molecule has 3 rings (SSSR count). The maximum absolute atomic E-state index is 12.5. The minimum absolute atomic E-state index is 0.0170. The lowest BCUT2D eigenvalue weighted by Gasteiger charge is -2.30. The van der Waals surface area contributed by atoms with E-state index in [1.807, 2.05) is 30.3 Å². The fraction of sp³-hybridized carbons (Fsp3) is 0.438. The summed E-state index contributed by atoms with van der Waals surface area (Å²) in [6.45, 7) is 1.28. The van der Waals surface area contributed by atoms with Crippen LogP contribution < -0.4 is 5.32 Å². The predicted octanol–water partition coefficient (Wildman–Crippen LogP) is 3.18. The summed E-state index contributed by atoms with van der Waals surface area (Å²) in [4.78, 5) is 13.8. The first kappa shape index (κ1) is 17.2. The summed E-state index contributed by atoms with van der Waals surface area (Å²) >= 11 is 0. The maximum atomic E-state index is 12.5. The topological polar surface area (TPSA) is 71.3 Å². The van der Waals surface area contributed by atoms with Gasteiger partial charge in [0, 0.05) is 25.6 Å². The number of urea groups is 1. The van der Waals surface area contributed by atoms with E-state index < -0.39 is 12.1 Å². The highest BCUT2D eigenvalue weighted by atomic mass is 19.4. The number of likely N-dealkylation sites (tertiary alicyclic amines) is 1. The van der Waals surface area contributed by atoms with Gasteiger partial charge in [0.05, 0.1) is 0 Å². The third-order valence-electron chi connectivity index (χ3n) is 4.10. The minimum atomic E-state index is -4.64. The second-order valence-electron chi connectivity index (χ2n) is 5.85. The first-order chi connectivity index (χ1) is 11.9. The van der Waals surface area contributed by atoms with Gasteiger partial charge in [-0.05, 0) is 18.4 Å². The fourth-order valence-electron chi connectivity index (χ4n) is 2.73. The van der Waals surface area contributed by atoms with E-state index in [0.29, 0.717) is 32.5 Å². The highest BCUT2D eigenvalue weighted by Crippen LogP contribution is 2.32. The van der Waals surface area contributed by atoms with E-state index in [1.165, 1.54) is 0 Å². The van der Waals surface area contributed by atoms with Gasteiger partial charge < -0.3 is 14.6 Å². The van der Waals surface area contributed by atoms with Crippen molar-refractivity contribution < 1.29 is 22.4 Å². The van der Waals surface area contributed by atoms with Crippen molar-refractivity contribution in [3.05, 3.63) is 47.7 Å². The molecule has 1 aromatic carbocycles. The van der Waals surface area contributed by atoms with Crippen LogP contribution in [-0.4, -0.2) is 34.2 Å². The second-order valence-corrected chi connectivity index (χ2v) is 5.85. The Hall–Kier alpha value is -2.58. The van der Waals surface area contributed by atoms with Crippen molar-refractivity contribution in [2.45, 2.75) is 31.5 Å². The van der Waals surface area contributed by atoms with Crippen molar-refractivity contribution in [2.75, 3.05) is 13.1 Å². The van der Waals surface area contributed by atoms with Crippen LogP contribution in [0.4, 0.5) is 18.0 Å². The van der Waals surface area contributed by atoms with Gasteiger partial charge in [-0.15, -0.1) is 10.2 Å². The number of carbonyl (C=O) groups is 1. The number of hydrogen-bond donors (Lipinski definition) is 1. The van der Waals surface area contributed by atoms with Crippen molar-refractivity contribution in [1.29, 1.82) is 0 Å². The Labute approximate surface area is 142 Å². The third kappa shape index (κ3) is 4.28. The Morgan fingerprint density at radius 1 is 1.20 bits per heavy atom. The van der Waals surface area contributed by atoms with Crippen LogP contribution in [0.5, 0.6) is 0 Å². The van der Waals surface area contributed by atoms with Gasteiger partial charge in [-0.1, -0.05) is 30.3 Å². The molecule has 0 saturated carbocycles. The molecular weight excluding hydrogens is 337 g/mol. The van der Waals surface area contributed by atoms with E-state index in [1.54, 1.807) is 4.90 Å². The monoisotopic (exact) mass is 354 g/mol. The molecule has 25 heavy (non-hydrogen) atoms. The van der Waals surface area contributed by atoms with Crippen molar-refractivity contribution >= 4 is 6.03 Å². The first-order valence-electron chi connectivity index (χ1n) is 7.91. The smallest absolute Gasteiger partial charge is 0.417 e. The number of benzene rings is 1. The lowest BCUT2D eigenvalue weighted by atomic mass is 9.97. The summed E-state index contributed by atoms with van der Waals surface area (Å²) in [5, 5.41) is 9.38. The number of hydrogen-bond acceptors (Lipinski definition) is 4. The van der Waals surface area contributed by atoms with Gasteiger partial charge in [-0.2, -0.15) is 13.2 Å². The number of rotatable bonds is 3. The van der Waals surface area contributed by atoms with Crippen LogP contribution in [0, 0.1) is 0 Å². The summed E-state index contributed by atoms with van der Waals surface area (Å²) in [6.07, 6.45) is -3.67. The van der Waals surface area contributed by atoms with E-state index in [9.17, 15) is 18.0 Å². The number of nitrogens with one attached hydrogen (secondary N) is 1. The zero-order valence-corrected chi connectivity index (χ0v) is 13.3. The van der Waals surface area contributed by atoms with Crippen LogP contribution >= 0.6 is 0 Å². The number of amides is 2. The highest BCUT2D eigenvalue weighted by Gasteiger charge is 2.39. The Morgan fingerprint density at radius 3 is 2.48 bits per heavy atom. The molecule has 2 aromatic rings.